The van der Waals surface area contributed by atoms with Gasteiger partial charge in [-0.3, -0.25) is 0 Å². The van der Waals surface area contributed by atoms with Crippen LogP contribution in [-0.2, 0) is 10.0 Å². The fraction of sp³-hybridized carbons (Fsp3) is 0.545. The quantitative estimate of drug-likeness (QED) is 0.860. The Bertz CT molecular complexity index is 607. The standard InChI is InChI=1S/C11H14F3NO4S2/c1-7(2)5-15(6-11(12,13)14)21(18,19)8-3-4-20-9(8)10(16)17/h3-4,7H,5-6H2,1-2H3,(H,16,17). The van der Waals surface area contributed by atoms with Gasteiger partial charge in [-0.1, -0.05) is 13.8 Å². The van der Waals surface area contributed by atoms with Gasteiger partial charge in [0.25, 0.3) is 0 Å². The molecule has 0 aliphatic rings. The van der Waals surface area contributed by atoms with Crippen molar-refractivity contribution in [3.63, 3.8) is 0 Å². The van der Waals surface area contributed by atoms with E-state index in [2.05, 4.69) is 0 Å². The second-order valence-corrected chi connectivity index (χ2v) is 7.55. The molecule has 0 radical (unpaired) electrons. The zero-order chi connectivity index (χ0) is 16.4. The molecule has 21 heavy (non-hydrogen) atoms. The van der Waals surface area contributed by atoms with Crippen LogP contribution in [-0.4, -0.2) is 43.1 Å². The summed E-state index contributed by atoms with van der Waals surface area (Å²) in [5.74, 6) is -1.82. The summed E-state index contributed by atoms with van der Waals surface area (Å²) in [4.78, 5) is 9.86. The highest BCUT2D eigenvalue weighted by Gasteiger charge is 2.39. The lowest BCUT2D eigenvalue weighted by atomic mass is 10.2. The van der Waals surface area contributed by atoms with Gasteiger partial charge in [0.15, 0.2) is 0 Å². The molecule has 1 aromatic rings. The number of thiophene rings is 1. The summed E-state index contributed by atoms with van der Waals surface area (Å²) in [6, 6.07) is 1.01. The maximum absolute atomic E-state index is 12.6. The van der Waals surface area contributed by atoms with Crippen LogP contribution in [0.5, 0.6) is 0 Å². The molecule has 0 amide bonds. The normalized spacial score (nSPS) is 13.1. The predicted octanol–water partition coefficient (Wildman–Crippen LogP) is 2.66. The van der Waals surface area contributed by atoms with E-state index < -0.39 is 38.5 Å². The average molecular weight is 345 g/mol. The van der Waals surface area contributed by atoms with Crippen molar-refractivity contribution in [3.8, 4) is 0 Å². The Hall–Kier alpha value is -1.13. The summed E-state index contributed by atoms with van der Waals surface area (Å²) in [5.41, 5.74) is 0. The third-order valence-electron chi connectivity index (χ3n) is 2.37. The van der Waals surface area contributed by atoms with E-state index in [1.165, 1.54) is 5.38 Å². The van der Waals surface area contributed by atoms with Gasteiger partial charge in [0.2, 0.25) is 10.0 Å². The van der Waals surface area contributed by atoms with Gasteiger partial charge in [-0.15, -0.1) is 11.3 Å². The molecule has 0 atom stereocenters. The molecule has 1 heterocycles. The fourth-order valence-electron chi connectivity index (χ4n) is 1.65. The summed E-state index contributed by atoms with van der Waals surface area (Å²) in [5, 5.41) is 10.1. The van der Waals surface area contributed by atoms with Crippen LogP contribution in [0.4, 0.5) is 13.2 Å². The van der Waals surface area contributed by atoms with E-state index in [1.54, 1.807) is 13.8 Å². The van der Waals surface area contributed by atoms with Crippen molar-refractivity contribution in [3.05, 3.63) is 16.3 Å². The summed E-state index contributed by atoms with van der Waals surface area (Å²) in [6.07, 6.45) is -4.71. The molecule has 10 heteroatoms. The molecule has 1 rings (SSSR count). The van der Waals surface area contributed by atoms with Crippen LogP contribution < -0.4 is 0 Å². The van der Waals surface area contributed by atoms with Crippen molar-refractivity contribution in [2.24, 2.45) is 5.92 Å². The maximum Gasteiger partial charge on any atom is 0.402 e. The van der Waals surface area contributed by atoms with Crippen molar-refractivity contribution in [1.29, 1.82) is 0 Å². The highest BCUT2D eigenvalue weighted by molar-refractivity contribution is 7.89. The highest BCUT2D eigenvalue weighted by Crippen LogP contribution is 2.28. The van der Waals surface area contributed by atoms with Crippen LogP contribution in [0.3, 0.4) is 0 Å². The number of sulfonamides is 1. The Morgan fingerprint density at radius 1 is 1.43 bits per heavy atom. The largest absolute Gasteiger partial charge is 0.477 e. The first-order chi connectivity index (χ1) is 9.45. The molecule has 0 aromatic carbocycles. The van der Waals surface area contributed by atoms with Crippen molar-refractivity contribution in [1.82, 2.24) is 4.31 Å². The Balaban J connectivity index is 3.26. The SMILES string of the molecule is CC(C)CN(CC(F)(F)F)S(=O)(=O)c1ccsc1C(=O)O. The monoisotopic (exact) mass is 345 g/mol. The number of carboxylic acid groups (broad SMARTS) is 1. The fourth-order valence-corrected chi connectivity index (χ4v) is 4.47. The topological polar surface area (TPSA) is 74.7 Å². The Morgan fingerprint density at radius 3 is 2.43 bits per heavy atom. The summed E-state index contributed by atoms with van der Waals surface area (Å²) < 4.78 is 62.6. The number of carboxylic acids is 1. The van der Waals surface area contributed by atoms with E-state index >= 15 is 0 Å². The second kappa shape index (κ2) is 6.32. The van der Waals surface area contributed by atoms with Crippen molar-refractivity contribution in [2.75, 3.05) is 13.1 Å². The van der Waals surface area contributed by atoms with Crippen LogP contribution in [0, 0.1) is 5.92 Å². The summed E-state index contributed by atoms with van der Waals surface area (Å²) >= 11 is 0.652. The van der Waals surface area contributed by atoms with E-state index in [-0.39, 0.29) is 16.8 Å². The first-order valence-electron chi connectivity index (χ1n) is 5.83. The van der Waals surface area contributed by atoms with E-state index in [9.17, 15) is 26.4 Å². The molecule has 0 bridgehead atoms. The minimum absolute atomic E-state index is 0.270. The van der Waals surface area contributed by atoms with Gasteiger partial charge in [0, 0.05) is 6.54 Å². The molecule has 120 valence electrons. The Kier molecular flexibility index (Phi) is 5.40. The van der Waals surface area contributed by atoms with Gasteiger partial charge in [-0.2, -0.15) is 17.5 Å². The third-order valence-corrected chi connectivity index (χ3v) is 5.25. The van der Waals surface area contributed by atoms with Crippen LogP contribution in [0.15, 0.2) is 16.3 Å². The third kappa shape index (κ3) is 4.68. The molecule has 1 N–H and O–H groups in total. The molecule has 5 nitrogen and oxygen atoms in total. The van der Waals surface area contributed by atoms with Gasteiger partial charge in [0.05, 0.1) is 0 Å². The zero-order valence-corrected chi connectivity index (χ0v) is 12.8. The van der Waals surface area contributed by atoms with Gasteiger partial charge in [-0.05, 0) is 17.4 Å². The number of nitrogens with zero attached hydrogens (tertiary/aromatic N) is 1. The number of hydrogen-bond donors (Lipinski definition) is 1. The lowest BCUT2D eigenvalue weighted by Gasteiger charge is -2.24. The van der Waals surface area contributed by atoms with E-state index in [1.807, 2.05) is 0 Å². The summed E-state index contributed by atoms with van der Waals surface area (Å²) in [6.45, 7) is 1.15. The zero-order valence-electron chi connectivity index (χ0n) is 11.2. The van der Waals surface area contributed by atoms with Crippen LogP contribution >= 0.6 is 11.3 Å². The Labute approximate surface area is 124 Å². The summed E-state index contributed by atoms with van der Waals surface area (Å²) in [7, 11) is -4.52. The van der Waals surface area contributed by atoms with Gasteiger partial charge in [0.1, 0.15) is 16.3 Å². The van der Waals surface area contributed by atoms with E-state index in [0.717, 1.165) is 6.07 Å². The molecular weight excluding hydrogens is 331 g/mol. The molecule has 0 unspecified atom stereocenters. The number of hydrogen-bond acceptors (Lipinski definition) is 4. The number of rotatable bonds is 6. The molecule has 0 saturated carbocycles. The van der Waals surface area contributed by atoms with Gasteiger partial charge in [-0.25, -0.2) is 13.2 Å². The van der Waals surface area contributed by atoms with Crippen LogP contribution in [0.25, 0.3) is 0 Å². The number of halogens is 3. The molecule has 0 fully saturated rings. The van der Waals surface area contributed by atoms with E-state index in [0.29, 0.717) is 11.3 Å². The first-order valence-corrected chi connectivity index (χ1v) is 8.15. The number of carbonyl (C=O) groups is 1. The van der Waals surface area contributed by atoms with E-state index in [4.69, 9.17) is 5.11 Å². The Morgan fingerprint density at radius 2 is 2.00 bits per heavy atom. The maximum atomic E-state index is 12.6. The van der Waals surface area contributed by atoms with Crippen molar-refractivity contribution < 1.29 is 31.5 Å². The number of aromatic carboxylic acids is 1. The highest BCUT2D eigenvalue weighted by atomic mass is 32.2. The molecule has 1 aromatic heterocycles. The van der Waals surface area contributed by atoms with Crippen molar-refractivity contribution >= 4 is 27.3 Å². The average Bonchev–Trinajstić information content (AvgIpc) is 2.74. The molecule has 0 spiro atoms. The van der Waals surface area contributed by atoms with Crippen LogP contribution in [0.2, 0.25) is 0 Å². The smallest absolute Gasteiger partial charge is 0.402 e. The van der Waals surface area contributed by atoms with Crippen molar-refractivity contribution in [2.45, 2.75) is 24.9 Å². The van der Waals surface area contributed by atoms with Gasteiger partial charge < -0.3 is 5.11 Å². The lowest BCUT2D eigenvalue weighted by molar-refractivity contribution is -0.136. The lowest BCUT2D eigenvalue weighted by Crippen LogP contribution is -2.41. The predicted molar refractivity (Wildman–Crippen MR) is 70.9 cm³/mol. The van der Waals surface area contributed by atoms with Gasteiger partial charge >= 0.3 is 12.1 Å². The minimum atomic E-state index is -4.71. The van der Waals surface area contributed by atoms with Crippen LogP contribution in [0.1, 0.15) is 23.5 Å². The molecule has 0 aliphatic heterocycles. The molecule has 0 saturated heterocycles. The first kappa shape index (κ1) is 17.9. The number of alkyl halides is 3. The minimum Gasteiger partial charge on any atom is -0.477 e. The molecule has 0 aliphatic carbocycles. The molecular formula is C11H14F3NO4S2. The second-order valence-electron chi connectivity index (χ2n) is 4.73.